The van der Waals surface area contributed by atoms with Crippen LogP contribution in [0, 0.1) is 5.92 Å². The van der Waals surface area contributed by atoms with E-state index < -0.39 is 11.4 Å². The van der Waals surface area contributed by atoms with Crippen LogP contribution in [0.1, 0.15) is 33.6 Å². The molecule has 0 saturated carbocycles. The molecule has 0 bridgehead atoms. The Hall–Kier alpha value is -0.220. The van der Waals surface area contributed by atoms with Crippen LogP contribution in [-0.4, -0.2) is 23.0 Å². The van der Waals surface area contributed by atoms with Crippen molar-refractivity contribution in [3.8, 4) is 0 Å². The topological polar surface area (TPSA) is 69.1 Å². The normalized spacial score (nSPS) is 15.5. The minimum Gasteiger partial charge on any atom is -0.368 e. The van der Waals surface area contributed by atoms with Crippen molar-refractivity contribution in [1.82, 2.24) is 0 Å². The smallest absolute Gasteiger partial charge is 0.237 e. The molecule has 0 fully saturated rings. The van der Waals surface area contributed by atoms with Crippen molar-refractivity contribution >= 4 is 17.7 Å². The van der Waals surface area contributed by atoms with Gasteiger partial charge in [0.05, 0.1) is 5.54 Å². The van der Waals surface area contributed by atoms with Gasteiger partial charge in [-0.1, -0.05) is 13.8 Å². The van der Waals surface area contributed by atoms with Gasteiger partial charge in [0.1, 0.15) is 0 Å². The lowest BCUT2D eigenvalue weighted by molar-refractivity contribution is -0.122. The minimum absolute atomic E-state index is 0.411. The van der Waals surface area contributed by atoms with Crippen molar-refractivity contribution in [2.24, 2.45) is 17.4 Å². The van der Waals surface area contributed by atoms with Crippen molar-refractivity contribution in [3.63, 3.8) is 0 Å². The number of hydrogen-bond donors (Lipinski definition) is 2. The molecule has 0 rings (SSSR count). The van der Waals surface area contributed by atoms with Gasteiger partial charge in [-0.05, 0) is 37.2 Å². The highest BCUT2D eigenvalue weighted by Gasteiger charge is 2.24. The van der Waals surface area contributed by atoms with Gasteiger partial charge in [0.25, 0.3) is 0 Å². The van der Waals surface area contributed by atoms with E-state index in [2.05, 4.69) is 13.8 Å². The van der Waals surface area contributed by atoms with Gasteiger partial charge in [0.2, 0.25) is 5.91 Å². The SMILES string of the molecule is CC(C)CSCCCC(C)(N)C(N)=O. The van der Waals surface area contributed by atoms with Gasteiger partial charge >= 0.3 is 0 Å². The Morgan fingerprint density at radius 3 is 2.50 bits per heavy atom. The number of rotatable bonds is 7. The third-order valence-corrected chi connectivity index (χ3v) is 3.48. The third-order valence-electron chi connectivity index (χ3n) is 2.00. The molecule has 4 heteroatoms. The third kappa shape index (κ3) is 6.27. The lowest BCUT2D eigenvalue weighted by Crippen LogP contribution is -2.49. The van der Waals surface area contributed by atoms with Gasteiger partial charge in [0, 0.05) is 0 Å². The first kappa shape index (κ1) is 13.8. The average molecular weight is 218 g/mol. The second-order valence-corrected chi connectivity index (χ2v) is 5.50. The summed E-state index contributed by atoms with van der Waals surface area (Å²) in [5, 5.41) is 0. The van der Waals surface area contributed by atoms with Gasteiger partial charge in [-0.25, -0.2) is 0 Å². The Kier molecular flexibility index (Phi) is 6.20. The predicted octanol–water partition coefficient (Wildman–Crippen LogP) is 1.36. The molecule has 0 aromatic rings. The average Bonchev–Trinajstić information content (AvgIpc) is 2.02. The molecule has 0 aromatic heterocycles. The van der Waals surface area contributed by atoms with E-state index in [9.17, 15) is 4.79 Å². The van der Waals surface area contributed by atoms with E-state index in [4.69, 9.17) is 11.5 Å². The summed E-state index contributed by atoms with van der Waals surface area (Å²) in [6, 6.07) is 0. The van der Waals surface area contributed by atoms with E-state index in [1.165, 1.54) is 0 Å². The zero-order valence-corrected chi connectivity index (χ0v) is 10.2. The molecule has 0 aliphatic heterocycles. The number of carbonyl (C=O) groups excluding carboxylic acids is 1. The summed E-state index contributed by atoms with van der Waals surface area (Å²) in [4.78, 5) is 10.9. The van der Waals surface area contributed by atoms with Crippen LogP contribution >= 0.6 is 11.8 Å². The fourth-order valence-electron chi connectivity index (χ4n) is 0.984. The number of primary amides is 1. The molecule has 0 radical (unpaired) electrons. The largest absolute Gasteiger partial charge is 0.368 e. The summed E-state index contributed by atoms with van der Waals surface area (Å²) < 4.78 is 0. The fraction of sp³-hybridized carbons (Fsp3) is 0.900. The minimum atomic E-state index is -0.835. The number of amides is 1. The second-order valence-electron chi connectivity index (χ2n) is 4.35. The first-order valence-corrected chi connectivity index (χ1v) is 6.18. The van der Waals surface area contributed by atoms with Gasteiger partial charge in [0.15, 0.2) is 0 Å². The molecule has 0 aliphatic rings. The van der Waals surface area contributed by atoms with Crippen LogP contribution < -0.4 is 11.5 Å². The van der Waals surface area contributed by atoms with Crippen LogP contribution in [0.5, 0.6) is 0 Å². The van der Waals surface area contributed by atoms with Crippen LogP contribution in [-0.2, 0) is 4.79 Å². The van der Waals surface area contributed by atoms with Crippen LogP contribution in [0.3, 0.4) is 0 Å². The zero-order valence-electron chi connectivity index (χ0n) is 9.38. The first-order valence-electron chi connectivity index (χ1n) is 5.03. The molecular formula is C10H22N2OS. The molecule has 0 heterocycles. The van der Waals surface area contributed by atoms with Gasteiger partial charge < -0.3 is 11.5 Å². The molecule has 1 amide bonds. The molecular weight excluding hydrogens is 196 g/mol. The predicted molar refractivity (Wildman–Crippen MR) is 63.2 cm³/mol. The maximum absolute atomic E-state index is 10.9. The van der Waals surface area contributed by atoms with Crippen LogP contribution in [0.4, 0.5) is 0 Å². The van der Waals surface area contributed by atoms with E-state index in [1.54, 1.807) is 6.92 Å². The summed E-state index contributed by atoms with van der Waals surface area (Å²) in [6.07, 6.45) is 1.63. The van der Waals surface area contributed by atoms with Crippen molar-refractivity contribution in [3.05, 3.63) is 0 Å². The molecule has 84 valence electrons. The van der Waals surface area contributed by atoms with Crippen LogP contribution in [0.2, 0.25) is 0 Å². The highest BCUT2D eigenvalue weighted by atomic mass is 32.2. The van der Waals surface area contributed by atoms with E-state index in [0.29, 0.717) is 6.42 Å². The number of thioether (sulfide) groups is 1. The van der Waals surface area contributed by atoms with E-state index in [1.807, 2.05) is 11.8 Å². The Balaban J connectivity index is 3.49. The second kappa shape index (κ2) is 6.30. The fourth-order valence-corrected chi connectivity index (χ4v) is 1.97. The summed E-state index contributed by atoms with van der Waals surface area (Å²) in [7, 11) is 0. The van der Waals surface area contributed by atoms with Gasteiger partial charge in [-0.3, -0.25) is 4.79 Å². The summed E-state index contributed by atoms with van der Waals surface area (Å²) in [6.45, 7) is 6.09. The Labute approximate surface area is 91.0 Å². The molecule has 0 spiro atoms. The molecule has 0 saturated heterocycles. The molecule has 1 atom stereocenters. The van der Waals surface area contributed by atoms with E-state index in [0.717, 1.165) is 23.8 Å². The molecule has 3 nitrogen and oxygen atoms in total. The Morgan fingerprint density at radius 1 is 1.50 bits per heavy atom. The highest BCUT2D eigenvalue weighted by molar-refractivity contribution is 7.99. The molecule has 1 unspecified atom stereocenters. The molecule has 14 heavy (non-hydrogen) atoms. The van der Waals surface area contributed by atoms with Crippen LogP contribution in [0.25, 0.3) is 0 Å². The first-order chi connectivity index (χ1) is 6.36. The Bertz CT molecular complexity index is 181. The summed E-state index contributed by atoms with van der Waals surface area (Å²) >= 11 is 1.91. The van der Waals surface area contributed by atoms with Crippen molar-refractivity contribution in [2.75, 3.05) is 11.5 Å². The van der Waals surface area contributed by atoms with E-state index in [-0.39, 0.29) is 0 Å². The Morgan fingerprint density at radius 2 is 2.07 bits per heavy atom. The molecule has 0 aliphatic carbocycles. The quantitative estimate of drug-likeness (QED) is 0.634. The number of hydrogen-bond acceptors (Lipinski definition) is 3. The zero-order chi connectivity index (χ0) is 11.2. The highest BCUT2D eigenvalue weighted by Crippen LogP contribution is 2.14. The summed E-state index contributed by atoms with van der Waals surface area (Å²) in [5.74, 6) is 2.53. The lowest BCUT2D eigenvalue weighted by Gasteiger charge is -2.19. The van der Waals surface area contributed by atoms with Crippen molar-refractivity contribution < 1.29 is 4.79 Å². The summed E-state index contributed by atoms with van der Waals surface area (Å²) in [5.41, 5.74) is 10.0. The van der Waals surface area contributed by atoms with Crippen molar-refractivity contribution in [1.29, 1.82) is 0 Å². The van der Waals surface area contributed by atoms with E-state index >= 15 is 0 Å². The monoisotopic (exact) mass is 218 g/mol. The standard InChI is InChI=1S/C10H22N2OS/c1-8(2)7-14-6-4-5-10(3,12)9(11)13/h8H,4-7,12H2,1-3H3,(H2,11,13). The van der Waals surface area contributed by atoms with Gasteiger partial charge in [-0.15, -0.1) is 0 Å². The number of nitrogens with two attached hydrogens (primary N) is 2. The lowest BCUT2D eigenvalue weighted by atomic mass is 9.97. The number of carbonyl (C=O) groups is 1. The van der Waals surface area contributed by atoms with Gasteiger partial charge in [-0.2, -0.15) is 11.8 Å². The molecule has 4 N–H and O–H groups in total. The maximum atomic E-state index is 10.9. The molecule has 0 aromatic carbocycles. The van der Waals surface area contributed by atoms with Crippen LogP contribution in [0.15, 0.2) is 0 Å². The van der Waals surface area contributed by atoms with Crippen molar-refractivity contribution in [2.45, 2.75) is 39.2 Å². The maximum Gasteiger partial charge on any atom is 0.237 e.